The summed E-state index contributed by atoms with van der Waals surface area (Å²) in [5.74, 6) is 0. The number of aromatic nitrogens is 1. The minimum absolute atomic E-state index is 0.134. The van der Waals surface area contributed by atoms with Gasteiger partial charge in [0, 0.05) is 30.2 Å². The van der Waals surface area contributed by atoms with Gasteiger partial charge in [-0.05, 0) is 51.3 Å². The second kappa shape index (κ2) is 7.04. The van der Waals surface area contributed by atoms with E-state index < -0.39 is 5.60 Å². The Kier molecular flexibility index (Phi) is 5.31. The molecule has 126 valence electrons. The summed E-state index contributed by atoms with van der Waals surface area (Å²) in [6, 6.07) is 6.20. The maximum absolute atomic E-state index is 12.2. The highest BCUT2D eigenvalue weighted by Gasteiger charge is 2.20. The summed E-state index contributed by atoms with van der Waals surface area (Å²) in [5.41, 5.74) is 2.67. The summed E-state index contributed by atoms with van der Waals surface area (Å²) in [4.78, 5) is 17.1. The van der Waals surface area contributed by atoms with Gasteiger partial charge in [0.15, 0.2) is 0 Å². The van der Waals surface area contributed by atoms with Gasteiger partial charge >= 0.3 is 6.03 Å². The van der Waals surface area contributed by atoms with E-state index in [1.165, 1.54) is 16.5 Å². The van der Waals surface area contributed by atoms with Crippen molar-refractivity contribution >= 4 is 16.9 Å². The number of likely N-dealkylation sites (N-methyl/N-ethyl adjacent to an activating group) is 1. The zero-order chi connectivity index (χ0) is 17.0. The number of nitrogens with one attached hydrogen (secondary N) is 2. The number of urea groups is 1. The van der Waals surface area contributed by atoms with Gasteiger partial charge in [-0.3, -0.25) is 0 Å². The first-order chi connectivity index (χ1) is 10.8. The third-order valence-corrected chi connectivity index (χ3v) is 3.84. The first-order valence-electron chi connectivity index (χ1n) is 8.12. The van der Waals surface area contributed by atoms with Crippen molar-refractivity contribution in [2.24, 2.45) is 0 Å². The molecule has 3 N–H and O–H groups in total. The molecular formula is C18H27N3O2. The quantitative estimate of drug-likeness (QED) is 0.767. The average Bonchev–Trinajstić information content (AvgIpc) is 2.86. The number of H-pyrrole nitrogens is 1. The van der Waals surface area contributed by atoms with E-state index in [9.17, 15) is 9.90 Å². The Morgan fingerprint density at radius 1 is 1.39 bits per heavy atom. The number of benzene rings is 1. The number of rotatable bonds is 6. The maximum Gasteiger partial charge on any atom is 0.317 e. The topological polar surface area (TPSA) is 68.4 Å². The lowest BCUT2D eigenvalue weighted by Crippen LogP contribution is -2.47. The number of carbonyl (C=O) groups excluding carboxylic acids is 1. The number of aryl methyl sites for hydroxylation is 1. The van der Waals surface area contributed by atoms with Crippen molar-refractivity contribution in [2.45, 2.75) is 39.7 Å². The maximum atomic E-state index is 12.2. The van der Waals surface area contributed by atoms with E-state index in [0.29, 0.717) is 19.6 Å². The van der Waals surface area contributed by atoms with Crippen LogP contribution in [-0.2, 0) is 6.42 Å². The zero-order valence-corrected chi connectivity index (χ0v) is 14.4. The predicted molar refractivity (Wildman–Crippen MR) is 93.7 cm³/mol. The van der Waals surface area contributed by atoms with Crippen LogP contribution >= 0.6 is 0 Å². The van der Waals surface area contributed by atoms with Crippen LogP contribution in [0.2, 0.25) is 0 Å². The molecule has 2 amide bonds. The first-order valence-corrected chi connectivity index (χ1v) is 8.12. The van der Waals surface area contributed by atoms with Crippen LogP contribution in [0, 0.1) is 6.92 Å². The van der Waals surface area contributed by atoms with Crippen LogP contribution in [0.5, 0.6) is 0 Å². The van der Waals surface area contributed by atoms with Crippen LogP contribution in [0.3, 0.4) is 0 Å². The van der Waals surface area contributed by atoms with E-state index in [1.807, 2.05) is 13.1 Å². The number of fused-ring (bicyclic) bond motifs is 1. The fourth-order valence-electron chi connectivity index (χ4n) is 2.72. The molecule has 0 aliphatic heterocycles. The fraction of sp³-hybridized carbons (Fsp3) is 0.500. The smallest absolute Gasteiger partial charge is 0.317 e. The van der Waals surface area contributed by atoms with Crippen LogP contribution in [0.1, 0.15) is 31.9 Å². The van der Waals surface area contributed by atoms with Crippen molar-refractivity contribution in [3.63, 3.8) is 0 Å². The van der Waals surface area contributed by atoms with Gasteiger partial charge in [0.05, 0.1) is 12.1 Å². The standard InChI is InChI=1S/C18H27N3O2/c1-5-21(12-18(3,4)23)17(22)19-9-8-14-11-20-16-10-13(2)6-7-15(14)16/h6-7,10-11,20,23H,5,8-9,12H2,1-4H3,(H,19,22). The molecule has 2 aromatic rings. The lowest BCUT2D eigenvalue weighted by atomic mass is 10.1. The van der Waals surface area contributed by atoms with Gasteiger partial charge < -0.3 is 20.3 Å². The number of aromatic amines is 1. The van der Waals surface area contributed by atoms with Crippen LogP contribution < -0.4 is 5.32 Å². The number of hydrogen-bond donors (Lipinski definition) is 3. The monoisotopic (exact) mass is 317 g/mol. The molecule has 0 radical (unpaired) electrons. The summed E-state index contributed by atoms with van der Waals surface area (Å²) in [7, 11) is 0. The summed E-state index contributed by atoms with van der Waals surface area (Å²) in [6.07, 6.45) is 2.78. The molecule has 0 aliphatic carbocycles. The summed E-state index contributed by atoms with van der Waals surface area (Å²) >= 11 is 0. The SMILES string of the molecule is CCN(CC(C)(C)O)C(=O)NCCc1c[nH]c2cc(C)ccc12. The Bertz CT molecular complexity index is 670. The zero-order valence-electron chi connectivity index (χ0n) is 14.4. The van der Waals surface area contributed by atoms with Crippen molar-refractivity contribution in [1.29, 1.82) is 0 Å². The highest BCUT2D eigenvalue weighted by Crippen LogP contribution is 2.19. The summed E-state index contributed by atoms with van der Waals surface area (Å²) < 4.78 is 0. The number of carbonyl (C=O) groups is 1. The molecule has 23 heavy (non-hydrogen) atoms. The molecule has 0 atom stereocenters. The normalized spacial score (nSPS) is 11.7. The lowest BCUT2D eigenvalue weighted by Gasteiger charge is -2.28. The molecule has 0 fully saturated rings. The molecule has 0 aliphatic rings. The van der Waals surface area contributed by atoms with Gasteiger partial charge in [-0.15, -0.1) is 0 Å². The van der Waals surface area contributed by atoms with Crippen LogP contribution in [0.4, 0.5) is 4.79 Å². The third kappa shape index (κ3) is 4.73. The van der Waals surface area contributed by atoms with Gasteiger partial charge in [0.2, 0.25) is 0 Å². The Balaban J connectivity index is 1.91. The van der Waals surface area contributed by atoms with Gasteiger partial charge in [0.1, 0.15) is 0 Å². The molecule has 5 heteroatoms. The van der Waals surface area contributed by atoms with Crippen LogP contribution in [0.25, 0.3) is 10.9 Å². The number of amides is 2. The van der Waals surface area contributed by atoms with Crippen molar-refractivity contribution in [1.82, 2.24) is 15.2 Å². The highest BCUT2D eigenvalue weighted by molar-refractivity contribution is 5.83. The second-order valence-corrected chi connectivity index (χ2v) is 6.67. The molecule has 0 spiro atoms. The van der Waals surface area contributed by atoms with Gasteiger partial charge in [0.25, 0.3) is 0 Å². The van der Waals surface area contributed by atoms with E-state index in [2.05, 4.69) is 35.4 Å². The molecule has 1 aromatic heterocycles. The van der Waals surface area contributed by atoms with Crippen LogP contribution in [0.15, 0.2) is 24.4 Å². The Morgan fingerprint density at radius 2 is 2.13 bits per heavy atom. The highest BCUT2D eigenvalue weighted by atomic mass is 16.3. The van der Waals surface area contributed by atoms with Crippen molar-refractivity contribution in [2.75, 3.05) is 19.6 Å². The van der Waals surface area contributed by atoms with E-state index in [-0.39, 0.29) is 6.03 Å². The van der Waals surface area contributed by atoms with Gasteiger partial charge in [-0.1, -0.05) is 12.1 Å². The van der Waals surface area contributed by atoms with Crippen molar-refractivity contribution in [3.05, 3.63) is 35.5 Å². The number of aliphatic hydroxyl groups is 1. The number of nitrogens with zero attached hydrogens (tertiary/aromatic N) is 1. The third-order valence-electron chi connectivity index (χ3n) is 3.84. The molecule has 5 nitrogen and oxygen atoms in total. The van der Waals surface area contributed by atoms with Gasteiger partial charge in [-0.2, -0.15) is 0 Å². The van der Waals surface area contributed by atoms with Crippen molar-refractivity contribution < 1.29 is 9.90 Å². The molecule has 0 bridgehead atoms. The van der Waals surface area contributed by atoms with Crippen LogP contribution in [-0.4, -0.2) is 46.3 Å². The van der Waals surface area contributed by atoms with Crippen molar-refractivity contribution in [3.8, 4) is 0 Å². The first kappa shape index (κ1) is 17.3. The minimum atomic E-state index is -0.887. The van der Waals surface area contributed by atoms with E-state index in [4.69, 9.17) is 0 Å². The van der Waals surface area contributed by atoms with E-state index in [1.54, 1.807) is 18.7 Å². The molecule has 0 saturated heterocycles. The lowest BCUT2D eigenvalue weighted by molar-refractivity contribution is 0.0480. The molecular weight excluding hydrogens is 290 g/mol. The largest absolute Gasteiger partial charge is 0.389 e. The molecule has 0 saturated carbocycles. The van der Waals surface area contributed by atoms with E-state index >= 15 is 0 Å². The summed E-state index contributed by atoms with van der Waals surface area (Å²) in [6.45, 7) is 8.86. The molecule has 1 heterocycles. The Hall–Kier alpha value is -2.01. The average molecular weight is 317 g/mol. The Labute approximate surface area is 137 Å². The predicted octanol–water partition coefficient (Wildman–Crippen LogP) is 2.82. The number of hydrogen-bond acceptors (Lipinski definition) is 2. The fourth-order valence-corrected chi connectivity index (χ4v) is 2.72. The summed E-state index contributed by atoms with van der Waals surface area (Å²) in [5, 5.41) is 14.0. The molecule has 1 aromatic carbocycles. The Morgan fingerprint density at radius 3 is 2.78 bits per heavy atom. The van der Waals surface area contributed by atoms with E-state index in [0.717, 1.165) is 11.9 Å². The van der Waals surface area contributed by atoms with Gasteiger partial charge in [-0.25, -0.2) is 4.79 Å². The minimum Gasteiger partial charge on any atom is -0.389 e. The second-order valence-electron chi connectivity index (χ2n) is 6.67. The molecule has 0 unspecified atom stereocenters. The molecule has 2 rings (SSSR count).